The Balaban J connectivity index is 1.64. The number of aryl methyl sites for hydroxylation is 2. The summed E-state index contributed by atoms with van der Waals surface area (Å²) < 4.78 is 33.2. The molecule has 0 aliphatic carbocycles. The summed E-state index contributed by atoms with van der Waals surface area (Å²) in [6, 6.07) is 34.2. The number of ether oxygens (including phenoxy) is 1. The molecule has 0 aliphatic heterocycles. The molecule has 0 fully saturated rings. The van der Waals surface area contributed by atoms with Gasteiger partial charge in [0.05, 0.1) is 23.8 Å². The number of nitrogens with two attached hydrogens (primary N) is 1. The van der Waals surface area contributed by atoms with Crippen molar-refractivity contribution in [1.82, 2.24) is 9.78 Å². The molecule has 0 spiro atoms. The molecule has 0 unspecified atom stereocenters. The Morgan fingerprint density at radius 3 is 2.05 bits per heavy atom. The molecule has 0 saturated carbocycles. The van der Waals surface area contributed by atoms with E-state index in [4.69, 9.17) is 26.6 Å². The maximum atomic E-state index is 12.6. The van der Waals surface area contributed by atoms with Crippen molar-refractivity contribution in [3.63, 3.8) is 0 Å². The van der Waals surface area contributed by atoms with Crippen LogP contribution in [0, 0.1) is 0 Å². The number of nitrogens with zero attached hydrogens (tertiary/aromatic N) is 2. The molecule has 1 heterocycles. The minimum absolute atomic E-state index is 0.0182. The standard InChI is InChI=1S/C31H28ClN3O3S/c32-26-17-15-25(16-18-26)30-28(22-38-21-24-11-5-2-6-12-24)35(20-19-23-9-3-1-4-10-23)34-31(30)27-13-7-8-14-29(27)39(33,36)37/h1-18H,19-22H2,(H2,33,36,37). The zero-order valence-electron chi connectivity index (χ0n) is 21.2. The lowest BCUT2D eigenvalue weighted by Gasteiger charge is -2.12. The SMILES string of the molecule is NS(=O)(=O)c1ccccc1-c1nn(CCc2ccccc2)c(COCc2ccccc2)c1-c1ccc(Cl)cc1. The van der Waals surface area contributed by atoms with E-state index in [1.165, 1.54) is 11.6 Å². The van der Waals surface area contributed by atoms with Crippen molar-refractivity contribution in [2.45, 2.75) is 31.1 Å². The van der Waals surface area contributed by atoms with Crippen molar-refractivity contribution < 1.29 is 13.2 Å². The van der Waals surface area contributed by atoms with Gasteiger partial charge < -0.3 is 4.74 Å². The molecule has 198 valence electrons. The topological polar surface area (TPSA) is 87.2 Å². The van der Waals surface area contributed by atoms with Gasteiger partial charge in [-0.2, -0.15) is 5.10 Å². The van der Waals surface area contributed by atoms with Gasteiger partial charge in [0.15, 0.2) is 0 Å². The zero-order valence-corrected chi connectivity index (χ0v) is 22.8. The number of hydrogen-bond donors (Lipinski definition) is 1. The molecule has 5 aromatic rings. The average molecular weight is 558 g/mol. The van der Waals surface area contributed by atoms with Gasteiger partial charge in [0, 0.05) is 22.7 Å². The molecule has 39 heavy (non-hydrogen) atoms. The van der Waals surface area contributed by atoms with E-state index < -0.39 is 10.0 Å². The summed E-state index contributed by atoms with van der Waals surface area (Å²) in [5, 5.41) is 11.2. The molecule has 4 aromatic carbocycles. The van der Waals surface area contributed by atoms with Gasteiger partial charge in [0.25, 0.3) is 0 Å². The third-order valence-electron chi connectivity index (χ3n) is 6.44. The van der Waals surface area contributed by atoms with E-state index in [0.29, 0.717) is 29.4 Å². The average Bonchev–Trinajstić information content (AvgIpc) is 3.31. The first kappa shape index (κ1) is 26.8. The number of benzene rings is 4. The maximum absolute atomic E-state index is 12.6. The first-order valence-corrected chi connectivity index (χ1v) is 14.5. The first-order valence-electron chi connectivity index (χ1n) is 12.5. The molecule has 0 bridgehead atoms. The zero-order chi connectivity index (χ0) is 27.2. The van der Waals surface area contributed by atoms with E-state index in [9.17, 15) is 8.42 Å². The van der Waals surface area contributed by atoms with Gasteiger partial charge in [-0.25, -0.2) is 13.6 Å². The Labute approximate surface area is 233 Å². The lowest BCUT2D eigenvalue weighted by Crippen LogP contribution is -2.13. The van der Waals surface area contributed by atoms with E-state index in [2.05, 4.69) is 12.1 Å². The molecule has 0 atom stereocenters. The number of primary sulfonamides is 1. The van der Waals surface area contributed by atoms with Crippen LogP contribution in [-0.2, 0) is 40.9 Å². The van der Waals surface area contributed by atoms with Crippen LogP contribution in [0.15, 0.2) is 114 Å². The van der Waals surface area contributed by atoms with Crippen LogP contribution in [-0.4, -0.2) is 18.2 Å². The molecule has 0 saturated heterocycles. The van der Waals surface area contributed by atoms with Crippen LogP contribution in [0.3, 0.4) is 0 Å². The fourth-order valence-electron chi connectivity index (χ4n) is 4.57. The summed E-state index contributed by atoms with van der Waals surface area (Å²) in [5.74, 6) is 0. The van der Waals surface area contributed by atoms with E-state index in [0.717, 1.165) is 28.8 Å². The number of aromatic nitrogens is 2. The van der Waals surface area contributed by atoms with Crippen molar-refractivity contribution in [1.29, 1.82) is 0 Å². The Bertz CT molecular complexity index is 1650. The van der Waals surface area contributed by atoms with Crippen molar-refractivity contribution in [3.8, 4) is 22.4 Å². The predicted octanol–water partition coefficient (Wildman–Crippen LogP) is 6.48. The predicted molar refractivity (Wildman–Crippen MR) is 155 cm³/mol. The quantitative estimate of drug-likeness (QED) is 0.213. The van der Waals surface area contributed by atoms with E-state index in [-0.39, 0.29) is 11.5 Å². The van der Waals surface area contributed by atoms with E-state index >= 15 is 0 Å². The van der Waals surface area contributed by atoms with Crippen LogP contribution in [0.2, 0.25) is 5.02 Å². The molecule has 2 N–H and O–H groups in total. The Morgan fingerprint density at radius 1 is 0.769 bits per heavy atom. The lowest BCUT2D eigenvalue weighted by atomic mass is 9.99. The van der Waals surface area contributed by atoms with Crippen LogP contribution in [0.25, 0.3) is 22.4 Å². The fraction of sp³-hybridized carbons (Fsp3) is 0.129. The largest absolute Gasteiger partial charge is 0.370 e. The van der Waals surface area contributed by atoms with Crippen molar-refractivity contribution in [3.05, 3.63) is 131 Å². The van der Waals surface area contributed by atoms with Crippen molar-refractivity contribution in [2.24, 2.45) is 5.14 Å². The first-order chi connectivity index (χ1) is 18.9. The second-order valence-corrected chi connectivity index (χ2v) is 11.1. The minimum atomic E-state index is -4.00. The van der Waals surface area contributed by atoms with Gasteiger partial charge in [0.1, 0.15) is 5.69 Å². The third-order valence-corrected chi connectivity index (χ3v) is 7.67. The Kier molecular flexibility index (Phi) is 8.24. The van der Waals surface area contributed by atoms with Crippen molar-refractivity contribution >= 4 is 21.6 Å². The van der Waals surface area contributed by atoms with E-state index in [1.807, 2.05) is 77.5 Å². The van der Waals surface area contributed by atoms with Gasteiger partial charge in [0.2, 0.25) is 10.0 Å². The molecule has 0 aliphatic rings. The van der Waals surface area contributed by atoms with Gasteiger partial charge in [-0.3, -0.25) is 4.68 Å². The van der Waals surface area contributed by atoms with Gasteiger partial charge in [-0.1, -0.05) is 103 Å². The number of rotatable bonds is 10. The Morgan fingerprint density at radius 2 is 1.38 bits per heavy atom. The summed E-state index contributed by atoms with van der Waals surface area (Å²) in [7, 11) is -4.00. The second kappa shape index (κ2) is 12.0. The summed E-state index contributed by atoms with van der Waals surface area (Å²) in [4.78, 5) is 0.0182. The van der Waals surface area contributed by atoms with Crippen LogP contribution in [0.1, 0.15) is 16.8 Å². The molecule has 0 amide bonds. The highest BCUT2D eigenvalue weighted by Gasteiger charge is 2.25. The number of halogens is 1. The van der Waals surface area contributed by atoms with Crippen LogP contribution >= 0.6 is 11.6 Å². The van der Waals surface area contributed by atoms with Crippen LogP contribution in [0.5, 0.6) is 0 Å². The number of sulfonamides is 1. The molecule has 5 rings (SSSR count). The highest BCUT2D eigenvalue weighted by atomic mass is 35.5. The summed E-state index contributed by atoms with van der Waals surface area (Å²) in [6.07, 6.45) is 0.741. The van der Waals surface area contributed by atoms with E-state index in [1.54, 1.807) is 18.2 Å². The number of hydrogen-bond acceptors (Lipinski definition) is 4. The monoisotopic (exact) mass is 557 g/mol. The normalized spacial score (nSPS) is 11.5. The van der Waals surface area contributed by atoms with Gasteiger partial charge in [-0.05, 0) is 41.3 Å². The minimum Gasteiger partial charge on any atom is -0.370 e. The Hall–Kier alpha value is -3.75. The highest BCUT2D eigenvalue weighted by Crippen LogP contribution is 2.38. The molecular formula is C31H28ClN3O3S. The maximum Gasteiger partial charge on any atom is 0.238 e. The molecular weight excluding hydrogens is 530 g/mol. The molecule has 6 nitrogen and oxygen atoms in total. The van der Waals surface area contributed by atoms with Crippen LogP contribution in [0.4, 0.5) is 0 Å². The summed E-state index contributed by atoms with van der Waals surface area (Å²) >= 11 is 6.21. The van der Waals surface area contributed by atoms with Gasteiger partial charge >= 0.3 is 0 Å². The molecule has 0 radical (unpaired) electrons. The lowest BCUT2D eigenvalue weighted by molar-refractivity contribution is 0.101. The van der Waals surface area contributed by atoms with Crippen LogP contribution < -0.4 is 5.14 Å². The third kappa shape index (κ3) is 6.46. The molecule has 8 heteroatoms. The smallest absolute Gasteiger partial charge is 0.238 e. The summed E-state index contributed by atoms with van der Waals surface area (Å²) in [6.45, 7) is 1.27. The van der Waals surface area contributed by atoms with Gasteiger partial charge in [-0.15, -0.1) is 0 Å². The summed E-state index contributed by atoms with van der Waals surface area (Å²) in [5.41, 5.74) is 5.65. The second-order valence-electron chi connectivity index (χ2n) is 9.16. The fourth-order valence-corrected chi connectivity index (χ4v) is 5.43. The van der Waals surface area contributed by atoms with Crippen molar-refractivity contribution in [2.75, 3.05) is 0 Å². The molecule has 1 aromatic heterocycles. The highest BCUT2D eigenvalue weighted by molar-refractivity contribution is 7.89.